The molecular weight excluding hydrogens is 202 g/mol. The van der Waals surface area contributed by atoms with Crippen LogP contribution in [-0.2, 0) is 15.9 Å². The van der Waals surface area contributed by atoms with Crippen LogP contribution in [0.2, 0.25) is 0 Å². The number of hydrogen-bond donors (Lipinski definition) is 1. The van der Waals surface area contributed by atoms with Gasteiger partial charge in [0.2, 0.25) is 0 Å². The third kappa shape index (κ3) is 2.43. The zero-order valence-electron chi connectivity index (χ0n) is 9.69. The van der Waals surface area contributed by atoms with Gasteiger partial charge in [0, 0.05) is 6.61 Å². The minimum absolute atomic E-state index is 0.0171. The van der Waals surface area contributed by atoms with Crippen molar-refractivity contribution in [1.29, 1.82) is 0 Å². The molecule has 0 saturated heterocycles. The SMILES string of the molecule is CCOCC(N)C1OCCc2ccccc21. The molecule has 1 aliphatic rings. The van der Waals surface area contributed by atoms with Gasteiger partial charge in [-0.05, 0) is 24.5 Å². The monoisotopic (exact) mass is 221 g/mol. The van der Waals surface area contributed by atoms with Crippen molar-refractivity contribution < 1.29 is 9.47 Å². The molecule has 88 valence electrons. The molecule has 16 heavy (non-hydrogen) atoms. The van der Waals surface area contributed by atoms with E-state index >= 15 is 0 Å². The Bertz CT molecular complexity index is 340. The molecule has 0 amide bonds. The second-order valence-electron chi connectivity index (χ2n) is 4.06. The lowest BCUT2D eigenvalue weighted by molar-refractivity contribution is -0.00116. The van der Waals surface area contributed by atoms with Crippen molar-refractivity contribution in [2.24, 2.45) is 5.73 Å². The largest absolute Gasteiger partial charge is 0.380 e. The first-order chi connectivity index (χ1) is 7.83. The van der Waals surface area contributed by atoms with E-state index in [-0.39, 0.29) is 12.1 Å². The van der Waals surface area contributed by atoms with E-state index < -0.39 is 0 Å². The van der Waals surface area contributed by atoms with Crippen LogP contribution in [0.5, 0.6) is 0 Å². The molecule has 1 aromatic carbocycles. The number of fused-ring (bicyclic) bond motifs is 1. The van der Waals surface area contributed by atoms with E-state index in [2.05, 4.69) is 18.2 Å². The fourth-order valence-corrected chi connectivity index (χ4v) is 2.12. The van der Waals surface area contributed by atoms with Crippen LogP contribution in [0.1, 0.15) is 24.2 Å². The van der Waals surface area contributed by atoms with Crippen molar-refractivity contribution in [3.8, 4) is 0 Å². The fourth-order valence-electron chi connectivity index (χ4n) is 2.12. The molecule has 0 bridgehead atoms. The van der Waals surface area contributed by atoms with Crippen molar-refractivity contribution in [1.82, 2.24) is 0 Å². The number of rotatable bonds is 4. The summed E-state index contributed by atoms with van der Waals surface area (Å²) in [5, 5.41) is 0. The Hall–Kier alpha value is -0.900. The zero-order chi connectivity index (χ0) is 11.4. The van der Waals surface area contributed by atoms with Gasteiger partial charge in [0.15, 0.2) is 0 Å². The van der Waals surface area contributed by atoms with Crippen LogP contribution in [0.4, 0.5) is 0 Å². The normalized spacial score (nSPS) is 21.5. The minimum atomic E-state index is -0.0820. The molecular formula is C13H19NO2. The number of nitrogens with two attached hydrogens (primary N) is 1. The van der Waals surface area contributed by atoms with Crippen LogP contribution in [0.15, 0.2) is 24.3 Å². The van der Waals surface area contributed by atoms with Gasteiger partial charge in [-0.25, -0.2) is 0 Å². The van der Waals surface area contributed by atoms with E-state index in [1.165, 1.54) is 11.1 Å². The molecule has 0 aromatic heterocycles. The van der Waals surface area contributed by atoms with Crippen LogP contribution in [0, 0.1) is 0 Å². The lowest BCUT2D eigenvalue weighted by atomic mass is 9.94. The molecule has 2 unspecified atom stereocenters. The van der Waals surface area contributed by atoms with Crippen LogP contribution in [0.25, 0.3) is 0 Å². The highest BCUT2D eigenvalue weighted by Gasteiger charge is 2.26. The summed E-state index contributed by atoms with van der Waals surface area (Å²) in [5.74, 6) is 0. The number of hydrogen-bond acceptors (Lipinski definition) is 3. The second-order valence-corrected chi connectivity index (χ2v) is 4.06. The summed E-state index contributed by atoms with van der Waals surface area (Å²) in [6.45, 7) is 3.97. The van der Waals surface area contributed by atoms with Crippen LogP contribution < -0.4 is 5.73 Å². The maximum atomic E-state index is 6.10. The van der Waals surface area contributed by atoms with Gasteiger partial charge in [0.05, 0.1) is 19.3 Å². The number of ether oxygens (including phenoxy) is 2. The van der Waals surface area contributed by atoms with Crippen molar-refractivity contribution in [3.05, 3.63) is 35.4 Å². The first-order valence-electron chi connectivity index (χ1n) is 5.85. The van der Waals surface area contributed by atoms with Crippen LogP contribution >= 0.6 is 0 Å². The van der Waals surface area contributed by atoms with Crippen molar-refractivity contribution >= 4 is 0 Å². The van der Waals surface area contributed by atoms with Gasteiger partial charge in [-0.15, -0.1) is 0 Å². The topological polar surface area (TPSA) is 44.5 Å². The number of benzene rings is 1. The van der Waals surface area contributed by atoms with Crippen molar-refractivity contribution in [2.75, 3.05) is 19.8 Å². The molecule has 0 radical (unpaired) electrons. The highest BCUT2D eigenvalue weighted by Crippen LogP contribution is 2.28. The fraction of sp³-hybridized carbons (Fsp3) is 0.538. The first-order valence-corrected chi connectivity index (χ1v) is 5.85. The van der Waals surface area contributed by atoms with Gasteiger partial charge in [-0.3, -0.25) is 0 Å². The highest BCUT2D eigenvalue weighted by molar-refractivity contribution is 5.31. The molecule has 0 aliphatic carbocycles. The smallest absolute Gasteiger partial charge is 0.100 e. The molecule has 0 spiro atoms. The molecule has 0 fully saturated rings. The molecule has 2 N–H and O–H groups in total. The molecule has 1 heterocycles. The zero-order valence-corrected chi connectivity index (χ0v) is 9.69. The van der Waals surface area contributed by atoms with Gasteiger partial charge in [0.1, 0.15) is 6.10 Å². The van der Waals surface area contributed by atoms with Crippen LogP contribution in [-0.4, -0.2) is 25.9 Å². The third-order valence-corrected chi connectivity index (χ3v) is 2.93. The Kier molecular flexibility index (Phi) is 3.93. The average Bonchev–Trinajstić information content (AvgIpc) is 2.35. The molecule has 3 nitrogen and oxygen atoms in total. The minimum Gasteiger partial charge on any atom is -0.380 e. The summed E-state index contributed by atoms with van der Waals surface area (Å²) in [4.78, 5) is 0. The van der Waals surface area contributed by atoms with E-state index in [1.807, 2.05) is 13.0 Å². The van der Waals surface area contributed by atoms with E-state index in [0.717, 1.165) is 13.0 Å². The summed E-state index contributed by atoms with van der Waals surface area (Å²) < 4.78 is 11.1. The average molecular weight is 221 g/mol. The lowest BCUT2D eigenvalue weighted by Crippen LogP contribution is -2.37. The Morgan fingerprint density at radius 3 is 3.12 bits per heavy atom. The van der Waals surface area contributed by atoms with E-state index in [9.17, 15) is 0 Å². The van der Waals surface area contributed by atoms with E-state index in [1.54, 1.807) is 0 Å². The Morgan fingerprint density at radius 2 is 2.31 bits per heavy atom. The first kappa shape index (κ1) is 11.6. The summed E-state index contributed by atoms with van der Waals surface area (Å²) >= 11 is 0. The quantitative estimate of drug-likeness (QED) is 0.841. The van der Waals surface area contributed by atoms with E-state index in [0.29, 0.717) is 13.2 Å². The van der Waals surface area contributed by atoms with Gasteiger partial charge < -0.3 is 15.2 Å². The lowest BCUT2D eigenvalue weighted by Gasteiger charge is -2.30. The van der Waals surface area contributed by atoms with Crippen LogP contribution in [0.3, 0.4) is 0 Å². The standard InChI is InChI=1S/C13H19NO2/c1-2-15-9-12(14)13-11-6-4-3-5-10(11)7-8-16-13/h3-6,12-13H,2,7-9,14H2,1H3. The van der Waals surface area contributed by atoms with Gasteiger partial charge in [-0.2, -0.15) is 0 Å². The molecule has 0 saturated carbocycles. The molecule has 1 aliphatic heterocycles. The summed E-state index contributed by atoms with van der Waals surface area (Å²) in [7, 11) is 0. The molecule has 2 atom stereocenters. The van der Waals surface area contributed by atoms with Crippen molar-refractivity contribution in [2.45, 2.75) is 25.5 Å². The maximum Gasteiger partial charge on any atom is 0.100 e. The summed E-state index contributed by atoms with van der Waals surface area (Å²) in [5.41, 5.74) is 8.67. The Labute approximate surface area is 96.5 Å². The summed E-state index contributed by atoms with van der Waals surface area (Å²) in [6, 6.07) is 8.27. The molecule has 3 heteroatoms. The predicted molar refractivity (Wildman–Crippen MR) is 63.3 cm³/mol. The Morgan fingerprint density at radius 1 is 1.50 bits per heavy atom. The second kappa shape index (κ2) is 5.43. The van der Waals surface area contributed by atoms with Gasteiger partial charge >= 0.3 is 0 Å². The molecule has 2 rings (SSSR count). The Balaban J connectivity index is 2.12. The maximum absolute atomic E-state index is 6.10. The predicted octanol–water partition coefficient (Wildman–Crippen LogP) is 1.66. The molecule has 1 aromatic rings. The van der Waals surface area contributed by atoms with Gasteiger partial charge in [-0.1, -0.05) is 24.3 Å². The highest BCUT2D eigenvalue weighted by atomic mass is 16.5. The van der Waals surface area contributed by atoms with Crippen molar-refractivity contribution in [3.63, 3.8) is 0 Å². The third-order valence-electron chi connectivity index (χ3n) is 2.93. The summed E-state index contributed by atoms with van der Waals surface area (Å²) in [6.07, 6.45) is 0.963. The van der Waals surface area contributed by atoms with Gasteiger partial charge in [0.25, 0.3) is 0 Å². The van der Waals surface area contributed by atoms with E-state index in [4.69, 9.17) is 15.2 Å².